The molecule has 0 bridgehead atoms. The van der Waals surface area contributed by atoms with E-state index >= 15 is 0 Å². The number of hydrogen-bond donors (Lipinski definition) is 1. The van der Waals surface area contributed by atoms with E-state index in [0.29, 0.717) is 13.2 Å². The van der Waals surface area contributed by atoms with E-state index in [9.17, 15) is 4.79 Å². The molecule has 1 aliphatic rings. The molecule has 0 saturated carbocycles. The molecule has 4 nitrogen and oxygen atoms in total. The molecular weight excluding hydrogens is 252 g/mol. The molecule has 110 valence electrons. The fourth-order valence-corrected chi connectivity index (χ4v) is 2.56. The summed E-state index contributed by atoms with van der Waals surface area (Å²) in [6.45, 7) is 10.2. The number of rotatable bonds is 3. The van der Waals surface area contributed by atoms with Gasteiger partial charge in [-0.2, -0.15) is 0 Å². The van der Waals surface area contributed by atoms with Gasteiger partial charge in [0.1, 0.15) is 0 Å². The molecule has 1 aromatic carbocycles. The van der Waals surface area contributed by atoms with Gasteiger partial charge in [0.15, 0.2) is 0 Å². The lowest BCUT2D eigenvalue weighted by molar-refractivity contribution is -0.0387. The number of aryl methyl sites for hydroxylation is 1. The maximum atomic E-state index is 12.7. The first-order valence-corrected chi connectivity index (χ1v) is 7.30. The molecule has 0 spiro atoms. The van der Waals surface area contributed by atoms with E-state index in [1.165, 1.54) is 0 Å². The van der Waals surface area contributed by atoms with Crippen molar-refractivity contribution in [3.63, 3.8) is 0 Å². The van der Waals surface area contributed by atoms with Crippen LogP contribution in [0.15, 0.2) is 18.2 Å². The maximum Gasteiger partial charge on any atom is 0.254 e. The van der Waals surface area contributed by atoms with Crippen LogP contribution in [0.4, 0.5) is 5.69 Å². The zero-order valence-corrected chi connectivity index (χ0v) is 12.8. The topological polar surface area (TPSA) is 41.6 Å². The van der Waals surface area contributed by atoms with Crippen LogP contribution in [-0.4, -0.2) is 42.6 Å². The lowest BCUT2D eigenvalue weighted by Crippen LogP contribution is -2.50. The van der Waals surface area contributed by atoms with Gasteiger partial charge in [0.2, 0.25) is 0 Å². The largest absolute Gasteiger partial charge is 0.385 e. The Morgan fingerprint density at radius 1 is 1.45 bits per heavy atom. The third-order valence-corrected chi connectivity index (χ3v) is 3.71. The monoisotopic (exact) mass is 276 g/mol. The second kappa shape index (κ2) is 6.27. The predicted molar refractivity (Wildman–Crippen MR) is 81.3 cm³/mol. The summed E-state index contributed by atoms with van der Waals surface area (Å²) in [5.41, 5.74) is 2.86. The molecule has 4 heteroatoms. The maximum absolute atomic E-state index is 12.7. The van der Waals surface area contributed by atoms with Crippen molar-refractivity contribution in [2.75, 3.05) is 25.0 Å². The quantitative estimate of drug-likeness (QED) is 0.923. The zero-order valence-electron chi connectivity index (χ0n) is 12.8. The summed E-state index contributed by atoms with van der Waals surface area (Å²) >= 11 is 0. The molecule has 1 fully saturated rings. The molecule has 1 aromatic rings. The zero-order chi connectivity index (χ0) is 14.7. The molecule has 0 aliphatic carbocycles. The van der Waals surface area contributed by atoms with Gasteiger partial charge in [-0.15, -0.1) is 0 Å². The Bertz CT molecular complexity index is 487. The van der Waals surface area contributed by atoms with Gasteiger partial charge in [0.25, 0.3) is 5.91 Å². The van der Waals surface area contributed by atoms with Crippen molar-refractivity contribution < 1.29 is 9.53 Å². The Morgan fingerprint density at radius 2 is 2.20 bits per heavy atom. The molecule has 1 aliphatic heterocycles. The van der Waals surface area contributed by atoms with Crippen LogP contribution in [-0.2, 0) is 4.74 Å². The van der Waals surface area contributed by atoms with Crippen molar-refractivity contribution in [2.24, 2.45) is 0 Å². The van der Waals surface area contributed by atoms with E-state index in [-0.39, 0.29) is 18.1 Å². The highest BCUT2D eigenvalue weighted by Crippen LogP contribution is 2.20. The number of nitrogens with zero attached hydrogens (tertiary/aromatic N) is 1. The van der Waals surface area contributed by atoms with Gasteiger partial charge in [-0.3, -0.25) is 4.79 Å². The molecule has 0 radical (unpaired) electrons. The van der Waals surface area contributed by atoms with E-state index < -0.39 is 0 Å². The van der Waals surface area contributed by atoms with E-state index in [0.717, 1.165) is 23.4 Å². The fourth-order valence-electron chi connectivity index (χ4n) is 2.56. The van der Waals surface area contributed by atoms with Crippen molar-refractivity contribution in [1.29, 1.82) is 0 Å². The van der Waals surface area contributed by atoms with Crippen LogP contribution >= 0.6 is 0 Å². The van der Waals surface area contributed by atoms with E-state index in [1.807, 2.05) is 43.9 Å². The first-order valence-electron chi connectivity index (χ1n) is 7.30. The summed E-state index contributed by atoms with van der Waals surface area (Å²) in [6, 6.07) is 6.05. The van der Waals surface area contributed by atoms with Crippen LogP contribution in [0, 0.1) is 6.92 Å². The Hall–Kier alpha value is -1.55. The highest BCUT2D eigenvalue weighted by atomic mass is 16.5. The van der Waals surface area contributed by atoms with Crippen LogP contribution in [0.1, 0.15) is 36.7 Å². The average Bonchev–Trinajstić information content (AvgIpc) is 2.41. The van der Waals surface area contributed by atoms with Crippen molar-refractivity contribution in [3.8, 4) is 0 Å². The summed E-state index contributed by atoms with van der Waals surface area (Å²) in [5.74, 6) is 0.105. The number of amides is 1. The number of benzene rings is 1. The number of carbonyl (C=O) groups excluding carboxylic acids is 1. The first kappa shape index (κ1) is 14.9. The third kappa shape index (κ3) is 3.12. The van der Waals surface area contributed by atoms with Gasteiger partial charge in [-0.05, 0) is 51.5 Å². The molecule has 0 aromatic heterocycles. The van der Waals surface area contributed by atoms with Crippen LogP contribution in [0.5, 0.6) is 0 Å². The standard InChI is InChI=1S/C16H24N2O2/c1-5-17-14-6-7-15(11(2)8-14)16(19)18-9-13(4)20-10-12(18)3/h6-8,12-13,17H,5,9-10H2,1-4H3. The summed E-state index contributed by atoms with van der Waals surface area (Å²) in [6.07, 6.45) is 0.108. The third-order valence-electron chi connectivity index (χ3n) is 3.71. The number of morpholine rings is 1. The molecule has 1 saturated heterocycles. The van der Waals surface area contributed by atoms with Crippen molar-refractivity contribution in [1.82, 2.24) is 4.90 Å². The molecule has 2 unspecified atom stereocenters. The molecule has 1 N–H and O–H groups in total. The molecule has 20 heavy (non-hydrogen) atoms. The molecule has 1 amide bonds. The molecule has 2 atom stereocenters. The second-order valence-corrected chi connectivity index (χ2v) is 5.51. The predicted octanol–water partition coefficient (Wildman–Crippen LogP) is 2.68. The smallest absolute Gasteiger partial charge is 0.254 e. The van der Waals surface area contributed by atoms with Crippen LogP contribution in [0.3, 0.4) is 0 Å². The van der Waals surface area contributed by atoms with Crippen LogP contribution in [0.25, 0.3) is 0 Å². The highest BCUT2D eigenvalue weighted by Gasteiger charge is 2.28. The van der Waals surface area contributed by atoms with Gasteiger partial charge in [-0.25, -0.2) is 0 Å². The number of anilines is 1. The number of nitrogens with one attached hydrogen (secondary N) is 1. The van der Waals surface area contributed by atoms with Crippen molar-refractivity contribution in [2.45, 2.75) is 39.8 Å². The summed E-state index contributed by atoms with van der Waals surface area (Å²) in [4.78, 5) is 14.6. The summed E-state index contributed by atoms with van der Waals surface area (Å²) in [5, 5.41) is 3.26. The Labute approximate surface area is 121 Å². The Kier molecular flexibility index (Phi) is 4.65. The van der Waals surface area contributed by atoms with E-state index in [2.05, 4.69) is 12.2 Å². The van der Waals surface area contributed by atoms with Gasteiger partial charge in [0, 0.05) is 24.3 Å². The minimum absolute atomic E-state index is 0.105. The van der Waals surface area contributed by atoms with Gasteiger partial charge in [0.05, 0.1) is 18.8 Å². The van der Waals surface area contributed by atoms with Crippen LogP contribution in [0.2, 0.25) is 0 Å². The number of carbonyl (C=O) groups is 1. The minimum atomic E-state index is 0.105. The van der Waals surface area contributed by atoms with Crippen molar-refractivity contribution >= 4 is 11.6 Å². The average molecular weight is 276 g/mol. The van der Waals surface area contributed by atoms with Crippen LogP contribution < -0.4 is 5.32 Å². The summed E-state index contributed by atoms with van der Waals surface area (Å²) < 4.78 is 5.58. The number of ether oxygens (including phenoxy) is 1. The van der Waals surface area contributed by atoms with Gasteiger partial charge in [-0.1, -0.05) is 0 Å². The molecule has 2 rings (SSSR count). The lowest BCUT2D eigenvalue weighted by atomic mass is 10.0. The normalized spacial score (nSPS) is 22.7. The first-order chi connectivity index (χ1) is 9.52. The molecular formula is C16H24N2O2. The van der Waals surface area contributed by atoms with Gasteiger partial charge >= 0.3 is 0 Å². The lowest BCUT2D eigenvalue weighted by Gasteiger charge is -2.37. The van der Waals surface area contributed by atoms with E-state index in [4.69, 9.17) is 4.74 Å². The second-order valence-electron chi connectivity index (χ2n) is 5.51. The highest BCUT2D eigenvalue weighted by molar-refractivity contribution is 5.96. The van der Waals surface area contributed by atoms with E-state index in [1.54, 1.807) is 0 Å². The SMILES string of the molecule is CCNc1ccc(C(=O)N2CC(C)OCC2C)c(C)c1. The summed E-state index contributed by atoms with van der Waals surface area (Å²) in [7, 11) is 0. The fraction of sp³-hybridized carbons (Fsp3) is 0.562. The minimum Gasteiger partial charge on any atom is -0.385 e. The Morgan fingerprint density at radius 3 is 2.85 bits per heavy atom. The molecule has 1 heterocycles. The van der Waals surface area contributed by atoms with Gasteiger partial charge < -0.3 is 15.0 Å². The van der Waals surface area contributed by atoms with Crippen molar-refractivity contribution in [3.05, 3.63) is 29.3 Å². The Balaban J connectivity index is 2.20. The number of hydrogen-bond acceptors (Lipinski definition) is 3.